The van der Waals surface area contributed by atoms with Crippen molar-refractivity contribution in [2.75, 3.05) is 0 Å². The summed E-state index contributed by atoms with van der Waals surface area (Å²) in [6, 6.07) is 10.6. The summed E-state index contributed by atoms with van der Waals surface area (Å²) >= 11 is 0. The summed E-state index contributed by atoms with van der Waals surface area (Å²) in [6.45, 7) is 5.34. The predicted octanol–water partition coefficient (Wildman–Crippen LogP) is 4.92. The molecule has 0 unspecified atom stereocenters. The lowest BCUT2D eigenvalue weighted by Crippen LogP contribution is -2.04. The van der Waals surface area contributed by atoms with Crippen molar-refractivity contribution in [1.29, 1.82) is 0 Å². The zero-order chi connectivity index (χ0) is 14.2. The first kappa shape index (κ1) is 14.6. The van der Waals surface area contributed by atoms with Crippen molar-refractivity contribution in [3.05, 3.63) is 60.2 Å². The second kappa shape index (κ2) is 7.68. The van der Waals surface area contributed by atoms with E-state index in [0.717, 1.165) is 31.6 Å². The van der Waals surface area contributed by atoms with Crippen LogP contribution in [0.1, 0.15) is 50.9 Å². The molecule has 0 aliphatic carbocycles. The molecule has 1 aromatic carbocycles. The molecule has 0 bridgehead atoms. The van der Waals surface area contributed by atoms with Gasteiger partial charge in [-0.05, 0) is 24.0 Å². The fourth-order valence-corrected chi connectivity index (χ4v) is 2.40. The van der Waals surface area contributed by atoms with Gasteiger partial charge in [0.1, 0.15) is 5.82 Å². The van der Waals surface area contributed by atoms with Gasteiger partial charge in [0.05, 0.1) is 0 Å². The van der Waals surface area contributed by atoms with Gasteiger partial charge in [-0.15, -0.1) is 0 Å². The predicted molar refractivity (Wildman–Crippen MR) is 85.6 cm³/mol. The summed E-state index contributed by atoms with van der Waals surface area (Å²) in [5, 5.41) is 0. The Morgan fingerprint density at radius 3 is 2.65 bits per heavy atom. The number of unbranched alkanes of at least 4 members (excludes halogenated alkanes) is 1. The van der Waals surface area contributed by atoms with Crippen LogP contribution in [0, 0.1) is 0 Å². The summed E-state index contributed by atoms with van der Waals surface area (Å²) in [7, 11) is 0. The van der Waals surface area contributed by atoms with Crippen LogP contribution in [0.4, 0.5) is 0 Å². The maximum Gasteiger partial charge on any atom is 0.135 e. The summed E-state index contributed by atoms with van der Waals surface area (Å²) in [6.07, 6.45) is 10.9. The number of nitrogens with zero attached hydrogens (tertiary/aromatic N) is 2. The molecule has 2 aromatic rings. The van der Waals surface area contributed by atoms with Crippen LogP contribution in [0.25, 0.3) is 5.57 Å². The standard InChI is InChI=1S/C18H24N2/c1-3-5-12-17(9-4-2)18-19-13-14-20(18)15-16-10-7-6-8-11-16/h6-8,10-14H,3-5,9,15H2,1-2H3/b17-12-. The van der Waals surface area contributed by atoms with Crippen molar-refractivity contribution in [3.63, 3.8) is 0 Å². The third kappa shape index (κ3) is 3.83. The molecule has 2 heteroatoms. The zero-order valence-electron chi connectivity index (χ0n) is 12.5. The van der Waals surface area contributed by atoms with E-state index in [1.807, 2.05) is 6.20 Å². The maximum absolute atomic E-state index is 4.58. The third-order valence-corrected chi connectivity index (χ3v) is 3.40. The van der Waals surface area contributed by atoms with Crippen LogP contribution >= 0.6 is 0 Å². The molecule has 1 heterocycles. The average Bonchev–Trinajstić information content (AvgIpc) is 2.92. The van der Waals surface area contributed by atoms with E-state index in [1.165, 1.54) is 17.6 Å². The number of benzene rings is 1. The molecule has 2 rings (SSSR count). The van der Waals surface area contributed by atoms with E-state index in [1.54, 1.807) is 0 Å². The lowest BCUT2D eigenvalue weighted by Gasteiger charge is -2.11. The minimum Gasteiger partial charge on any atom is -0.327 e. The van der Waals surface area contributed by atoms with Crippen molar-refractivity contribution < 1.29 is 0 Å². The lowest BCUT2D eigenvalue weighted by atomic mass is 10.1. The van der Waals surface area contributed by atoms with Gasteiger partial charge in [-0.3, -0.25) is 0 Å². The Hall–Kier alpha value is -1.83. The molecular formula is C18H24N2. The van der Waals surface area contributed by atoms with Crippen LogP contribution in [-0.4, -0.2) is 9.55 Å². The van der Waals surface area contributed by atoms with Crippen LogP contribution in [0.5, 0.6) is 0 Å². The van der Waals surface area contributed by atoms with Crippen molar-refractivity contribution in [1.82, 2.24) is 9.55 Å². The van der Waals surface area contributed by atoms with Gasteiger partial charge in [-0.25, -0.2) is 4.98 Å². The smallest absolute Gasteiger partial charge is 0.135 e. The second-order valence-electron chi connectivity index (χ2n) is 5.13. The molecule has 0 saturated carbocycles. The highest BCUT2D eigenvalue weighted by atomic mass is 15.1. The van der Waals surface area contributed by atoms with Crippen molar-refractivity contribution in [2.45, 2.75) is 46.1 Å². The Labute approximate surface area is 122 Å². The number of rotatable bonds is 7. The lowest BCUT2D eigenvalue weighted by molar-refractivity contribution is 0.772. The van der Waals surface area contributed by atoms with E-state index in [9.17, 15) is 0 Å². The second-order valence-corrected chi connectivity index (χ2v) is 5.13. The number of allylic oxidation sites excluding steroid dienone is 2. The molecule has 0 saturated heterocycles. The third-order valence-electron chi connectivity index (χ3n) is 3.40. The molecule has 0 fully saturated rings. The minimum absolute atomic E-state index is 0.892. The summed E-state index contributed by atoms with van der Waals surface area (Å²) in [5.74, 6) is 1.13. The van der Waals surface area contributed by atoms with E-state index in [0.29, 0.717) is 0 Å². The van der Waals surface area contributed by atoms with Gasteiger partial charge in [-0.1, -0.05) is 63.1 Å². The largest absolute Gasteiger partial charge is 0.327 e. The molecule has 0 spiro atoms. The van der Waals surface area contributed by atoms with E-state index in [2.05, 4.69) is 66.0 Å². The Morgan fingerprint density at radius 1 is 1.15 bits per heavy atom. The highest BCUT2D eigenvalue weighted by molar-refractivity contribution is 5.60. The van der Waals surface area contributed by atoms with E-state index >= 15 is 0 Å². The molecule has 1 aromatic heterocycles. The van der Waals surface area contributed by atoms with E-state index in [4.69, 9.17) is 0 Å². The van der Waals surface area contributed by atoms with E-state index < -0.39 is 0 Å². The van der Waals surface area contributed by atoms with Crippen LogP contribution < -0.4 is 0 Å². The van der Waals surface area contributed by atoms with Crippen molar-refractivity contribution >= 4 is 5.57 Å². The van der Waals surface area contributed by atoms with Gasteiger partial charge in [0.25, 0.3) is 0 Å². The van der Waals surface area contributed by atoms with Crippen LogP contribution in [0.15, 0.2) is 48.8 Å². The van der Waals surface area contributed by atoms with Crippen LogP contribution in [0.2, 0.25) is 0 Å². The normalized spacial score (nSPS) is 11.8. The zero-order valence-corrected chi connectivity index (χ0v) is 12.5. The quantitative estimate of drug-likeness (QED) is 0.697. The molecule has 0 N–H and O–H groups in total. The summed E-state index contributed by atoms with van der Waals surface area (Å²) < 4.78 is 2.26. The monoisotopic (exact) mass is 268 g/mol. The molecule has 0 radical (unpaired) electrons. The fraction of sp³-hybridized carbons (Fsp3) is 0.389. The first-order chi connectivity index (χ1) is 9.85. The highest BCUT2D eigenvalue weighted by Crippen LogP contribution is 2.20. The Bertz CT molecular complexity index is 538. The molecule has 2 nitrogen and oxygen atoms in total. The molecule has 0 aliphatic heterocycles. The van der Waals surface area contributed by atoms with Crippen molar-refractivity contribution in [3.8, 4) is 0 Å². The first-order valence-corrected chi connectivity index (χ1v) is 7.59. The number of hydrogen-bond acceptors (Lipinski definition) is 1. The Kier molecular flexibility index (Phi) is 5.60. The summed E-state index contributed by atoms with van der Waals surface area (Å²) in [5.41, 5.74) is 2.70. The van der Waals surface area contributed by atoms with Gasteiger partial charge in [0.15, 0.2) is 0 Å². The molecule has 106 valence electrons. The van der Waals surface area contributed by atoms with Crippen LogP contribution in [-0.2, 0) is 6.54 Å². The SMILES string of the molecule is CCC/C=C(/CCC)c1nccn1Cc1ccccc1. The van der Waals surface area contributed by atoms with Crippen molar-refractivity contribution in [2.24, 2.45) is 0 Å². The Morgan fingerprint density at radius 2 is 1.95 bits per heavy atom. The molecular weight excluding hydrogens is 244 g/mol. The minimum atomic E-state index is 0.892. The molecule has 20 heavy (non-hydrogen) atoms. The fourth-order valence-electron chi connectivity index (χ4n) is 2.40. The van der Waals surface area contributed by atoms with Gasteiger partial charge in [0, 0.05) is 18.9 Å². The molecule has 0 amide bonds. The number of hydrogen-bond donors (Lipinski definition) is 0. The Balaban J connectivity index is 2.22. The average molecular weight is 268 g/mol. The van der Waals surface area contributed by atoms with Gasteiger partial charge in [0.2, 0.25) is 0 Å². The highest BCUT2D eigenvalue weighted by Gasteiger charge is 2.08. The molecule has 0 atom stereocenters. The van der Waals surface area contributed by atoms with Gasteiger partial charge >= 0.3 is 0 Å². The summed E-state index contributed by atoms with van der Waals surface area (Å²) in [4.78, 5) is 4.58. The van der Waals surface area contributed by atoms with Gasteiger partial charge < -0.3 is 4.57 Å². The first-order valence-electron chi connectivity index (χ1n) is 7.59. The van der Waals surface area contributed by atoms with Gasteiger partial charge in [-0.2, -0.15) is 0 Å². The number of imidazole rings is 1. The maximum atomic E-state index is 4.58. The van der Waals surface area contributed by atoms with E-state index in [-0.39, 0.29) is 0 Å². The number of aromatic nitrogens is 2. The topological polar surface area (TPSA) is 17.8 Å². The van der Waals surface area contributed by atoms with Crippen LogP contribution in [0.3, 0.4) is 0 Å². The molecule has 0 aliphatic rings.